The number of aromatic nitrogens is 2. The Labute approximate surface area is 365 Å². The molecule has 11 rings (SSSR count). The summed E-state index contributed by atoms with van der Waals surface area (Å²) >= 11 is 0. The molecular formula is C60H46N2. The van der Waals surface area contributed by atoms with Crippen LogP contribution in [-0.2, 0) is 23.9 Å². The zero-order valence-corrected chi connectivity index (χ0v) is 35.3. The largest absolute Gasteiger partial charge is 0.344 e. The van der Waals surface area contributed by atoms with E-state index < -0.39 is 10.8 Å². The highest BCUT2D eigenvalue weighted by molar-refractivity contribution is 5.95. The van der Waals surface area contributed by atoms with Gasteiger partial charge in [-0.15, -0.1) is 49.4 Å². The molecule has 2 aromatic heterocycles. The number of hydrogen-bond donors (Lipinski definition) is 0. The molecule has 2 heteroatoms. The maximum absolute atomic E-state index is 6.24. The van der Waals surface area contributed by atoms with E-state index in [1.54, 1.807) is 0 Å². The molecule has 296 valence electrons. The Hall–Kier alpha value is -7.36. The molecule has 62 heavy (non-hydrogen) atoms. The second kappa shape index (κ2) is 14.1. The number of benzene rings is 6. The Morgan fingerprint density at radius 1 is 0.435 bits per heavy atom. The second-order valence-corrected chi connectivity index (χ2v) is 17.4. The van der Waals surface area contributed by atoms with Crippen molar-refractivity contribution in [1.29, 1.82) is 0 Å². The monoisotopic (exact) mass is 794 g/mol. The molecule has 0 N–H and O–H groups in total. The van der Waals surface area contributed by atoms with Crippen molar-refractivity contribution >= 4 is 21.8 Å². The number of terminal acetylenes is 4. The van der Waals surface area contributed by atoms with Gasteiger partial charge in [0.1, 0.15) is 0 Å². The lowest BCUT2D eigenvalue weighted by atomic mass is 9.69. The van der Waals surface area contributed by atoms with Gasteiger partial charge >= 0.3 is 0 Å². The second-order valence-electron chi connectivity index (χ2n) is 17.4. The van der Waals surface area contributed by atoms with E-state index in [2.05, 4.69) is 180 Å². The molecule has 2 atom stereocenters. The molecule has 6 aromatic carbocycles. The lowest BCUT2D eigenvalue weighted by Gasteiger charge is -2.35. The summed E-state index contributed by atoms with van der Waals surface area (Å²) in [6, 6.07) is 49.8. The molecule has 2 unspecified atom stereocenters. The molecule has 0 amide bonds. The molecule has 2 nitrogen and oxygen atoms in total. The van der Waals surface area contributed by atoms with Crippen LogP contribution in [0.25, 0.3) is 44.1 Å². The summed E-state index contributed by atoms with van der Waals surface area (Å²) in [6.45, 7) is 6.22. The van der Waals surface area contributed by atoms with Crippen molar-refractivity contribution in [2.75, 3.05) is 0 Å². The predicted molar refractivity (Wildman–Crippen MR) is 256 cm³/mol. The molecule has 2 heterocycles. The van der Waals surface area contributed by atoms with Crippen LogP contribution in [0.4, 0.5) is 0 Å². The van der Waals surface area contributed by atoms with Crippen molar-refractivity contribution in [3.05, 3.63) is 189 Å². The van der Waals surface area contributed by atoms with Crippen molar-refractivity contribution in [3.8, 4) is 71.6 Å². The minimum absolute atomic E-state index is 0.0784. The summed E-state index contributed by atoms with van der Waals surface area (Å²) in [7, 11) is 0. The van der Waals surface area contributed by atoms with Gasteiger partial charge in [-0.25, -0.2) is 0 Å². The highest BCUT2D eigenvalue weighted by Gasteiger charge is 2.47. The van der Waals surface area contributed by atoms with E-state index in [1.807, 2.05) is 0 Å². The molecule has 0 saturated carbocycles. The third kappa shape index (κ3) is 4.82. The molecule has 0 bridgehead atoms. The van der Waals surface area contributed by atoms with Crippen LogP contribution in [0.2, 0.25) is 0 Å². The summed E-state index contributed by atoms with van der Waals surface area (Å²) in [6.07, 6.45) is 27.1. The molecule has 8 aromatic rings. The van der Waals surface area contributed by atoms with E-state index in [1.165, 1.54) is 100.0 Å². The van der Waals surface area contributed by atoms with E-state index in [0.717, 1.165) is 13.1 Å². The molecule has 3 aliphatic carbocycles. The number of fused-ring (bicyclic) bond motifs is 12. The van der Waals surface area contributed by atoms with Crippen LogP contribution in [-0.4, -0.2) is 9.13 Å². The Morgan fingerprint density at radius 2 is 0.790 bits per heavy atom. The van der Waals surface area contributed by atoms with Crippen LogP contribution in [0.15, 0.2) is 133 Å². The van der Waals surface area contributed by atoms with Gasteiger partial charge in [0.15, 0.2) is 0 Å². The number of rotatable bonds is 8. The Bertz CT molecular complexity index is 3090. The van der Waals surface area contributed by atoms with Gasteiger partial charge in [0.25, 0.3) is 0 Å². The molecule has 3 aliphatic rings. The zero-order chi connectivity index (χ0) is 42.3. The van der Waals surface area contributed by atoms with Crippen LogP contribution in [0.5, 0.6) is 0 Å². The van der Waals surface area contributed by atoms with Crippen molar-refractivity contribution in [2.24, 2.45) is 0 Å². The quantitative estimate of drug-likeness (QED) is 0.136. The van der Waals surface area contributed by atoms with Gasteiger partial charge in [-0.3, -0.25) is 0 Å². The summed E-state index contributed by atoms with van der Waals surface area (Å²) < 4.78 is 5.18. The van der Waals surface area contributed by atoms with Crippen molar-refractivity contribution in [1.82, 2.24) is 9.13 Å². The normalized spacial score (nSPS) is 16.8. The number of nitrogens with zero attached hydrogens (tertiary/aromatic N) is 2. The average molecular weight is 795 g/mol. The smallest absolute Gasteiger partial charge is 0.0520 e. The van der Waals surface area contributed by atoms with Gasteiger partial charge in [-0.05, 0) is 92.7 Å². The van der Waals surface area contributed by atoms with Crippen LogP contribution in [0.3, 0.4) is 0 Å². The van der Waals surface area contributed by atoms with Gasteiger partial charge in [-0.2, -0.15) is 0 Å². The molecule has 0 radical (unpaired) electrons. The van der Waals surface area contributed by atoms with Gasteiger partial charge in [-0.1, -0.05) is 121 Å². The van der Waals surface area contributed by atoms with Crippen molar-refractivity contribution < 1.29 is 0 Å². The maximum Gasteiger partial charge on any atom is 0.0520 e. The minimum atomic E-state index is -0.478. The first-order valence-electron chi connectivity index (χ1n) is 21.9. The standard InChI is InChI=1S/C60H46N2/c1-7-33-59(34-8-2)47-25-17-13-21-41(47)43-31-29-39(37-49(43)59)53-55-45-23-15-19-27-51(45)62(12-6)58(55)54(56-46-24-16-20-28-52(46)61(11-5)57(53)56)40-30-32-44-42-22-14-18-26-48(42)60(35-9-3,36-10-4)50(44)38-40/h1-4,13-32,37-38,53-54H,11-12,33-36H2,5-6H3. The Balaban J connectivity index is 1.25. The fourth-order valence-corrected chi connectivity index (χ4v) is 12.4. The first-order valence-corrected chi connectivity index (χ1v) is 21.9. The van der Waals surface area contributed by atoms with E-state index in [9.17, 15) is 0 Å². The summed E-state index contributed by atoms with van der Waals surface area (Å²) in [5.41, 5.74) is 19.2. The highest BCUT2D eigenvalue weighted by atomic mass is 15.0. The highest BCUT2D eigenvalue weighted by Crippen LogP contribution is 2.59. The average Bonchev–Trinajstić information content (AvgIpc) is 3.99. The van der Waals surface area contributed by atoms with Gasteiger partial charge < -0.3 is 9.13 Å². The first kappa shape index (κ1) is 37.6. The van der Waals surface area contributed by atoms with E-state index in [4.69, 9.17) is 25.7 Å². The minimum Gasteiger partial charge on any atom is -0.344 e. The first-order chi connectivity index (χ1) is 30.5. The van der Waals surface area contributed by atoms with Crippen LogP contribution in [0.1, 0.15) is 107 Å². The zero-order valence-electron chi connectivity index (χ0n) is 35.3. The summed E-state index contributed by atoms with van der Waals surface area (Å²) in [5.74, 6) is 12.1. The lowest BCUT2D eigenvalue weighted by Crippen LogP contribution is -2.26. The molecule has 0 fully saturated rings. The third-order valence-corrected chi connectivity index (χ3v) is 14.7. The van der Waals surface area contributed by atoms with Gasteiger partial charge in [0.2, 0.25) is 0 Å². The van der Waals surface area contributed by atoms with Crippen LogP contribution in [0, 0.1) is 49.4 Å². The van der Waals surface area contributed by atoms with E-state index in [0.29, 0.717) is 25.7 Å². The lowest BCUT2D eigenvalue weighted by molar-refractivity contribution is 0.558. The fraction of sp³-hybridized carbons (Fsp3) is 0.200. The molecule has 0 aliphatic heterocycles. The topological polar surface area (TPSA) is 9.86 Å². The fourth-order valence-electron chi connectivity index (χ4n) is 12.4. The molecule has 0 saturated heterocycles. The number of hydrogen-bond acceptors (Lipinski definition) is 0. The van der Waals surface area contributed by atoms with Crippen LogP contribution < -0.4 is 0 Å². The van der Waals surface area contributed by atoms with E-state index in [-0.39, 0.29) is 11.8 Å². The van der Waals surface area contributed by atoms with Crippen molar-refractivity contribution in [2.45, 2.75) is 75.3 Å². The summed E-state index contributed by atoms with van der Waals surface area (Å²) in [4.78, 5) is 0. The SMILES string of the molecule is C#CCC1(CC#C)c2ccccc2-c2ccc(C3c4c(n(CC)c5ccccc45)C(c4ccc5c(c4)C(CC#C)(CC#C)c4ccccc4-5)c4c3n(CC)c3ccccc43)cc21. The van der Waals surface area contributed by atoms with Crippen LogP contribution >= 0.6 is 0 Å². The maximum atomic E-state index is 6.24. The van der Waals surface area contributed by atoms with Gasteiger partial charge in [0.05, 0.1) is 11.8 Å². The number of aryl methyl sites for hydroxylation is 2. The van der Waals surface area contributed by atoms with Gasteiger partial charge in [0, 0.05) is 82.8 Å². The predicted octanol–water partition coefficient (Wildman–Crippen LogP) is 12.9. The third-order valence-electron chi connectivity index (χ3n) is 14.7. The Kier molecular flexibility index (Phi) is 8.56. The van der Waals surface area contributed by atoms with E-state index >= 15 is 0 Å². The molecular weight excluding hydrogens is 749 g/mol. The Morgan fingerprint density at radius 3 is 1.18 bits per heavy atom. The summed E-state index contributed by atoms with van der Waals surface area (Å²) in [5, 5.41) is 2.56. The number of para-hydroxylation sites is 2. The molecule has 0 spiro atoms. The van der Waals surface area contributed by atoms with Crippen molar-refractivity contribution in [3.63, 3.8) is 0 Å².